The summed E-state index contributed by atoms with van der Waals surface area (Å²) in [6.07, 6.45) is 4.77. The van der Waals surface area contributed by atoms with Gasteiger partial charge in [-0.1, -0.05) is 18.2 Å². The first kappa shape index (κ1) is 16.6. The predicted octanol–water partition coefficient (Wildman–Crippen LogP) is 3.05. The molecule has 1 fully saturated rings. The van der Waals surface area contributed by atoms with E-state index in [2.05, 4.69) is 27.9 Å². The van der Waals surface area contributed by atoms with Crippen molar-refractivity contribution in [3.63, 3.8) is 0 Å². The smallest absolute Gasteiger partial charge is 0.123 e. The molecule has 0 N–H and O–H groups in total. The van der Waals surface area contributed by atoms with Crippen molar-refractivity contribution in [1.82, 2.24) is 14.7 Å². The van der Waals surface area contributed by atoms with E-state index in [-0.39, 0.29) is 0 Å². The summed E-state index contributed by atoms with van der Waals surface area (Å²) in [5, 5.41) is 4.70. The Bertz CT molecular complexity index is 723. The van der Waals surface area contributed by atoms with Crippen LogP contribution in [0.4, 0.5) is 0 Å². The van der Waals surface area contributed by atoms with E-state index < -0.39 is 0 Å². The van der Waals surface area contributed by atoms with Gasteiger partial charge in [0.25, 0.3) is 0 Å². The van der Waals surface area contributed by atoms with Crippen LogP contribution in [0.15, 0.2) is 30.5 Å². The normalized spacial score (nSPS) is 20.5. The maximum atomic E-state index is 5.53. The van der Waals surface area contributed by atoms with Gasteiger partial charge in [0.1, 0.15) is 5.75 Å². The van der Waals surface area contributed by atoms with E-state index in [0.717, 1.165) is 44.5 Å². The molecule has 1 aliphatic carbocycles. The van der Waals surface area contributed by atoms with Gasteiger partial charge in [0.2, 0.25) is 0 Å². The number of para-hydroxylation sites is 1. The summed E-state index contributed by atoms with van der Waals surface area (Å²) < 4.78 is 13.3. The second kappa shape index (κ2) is 7.18. The topological polar surface area (TPSA) is 39.5 Å². The molecule has 2 aliphatic rings. The van der Waals surface area contributed by atoms with Gasteiger partial charge in [0.05, 0.1) is 25.6 Å². The van der Waals surface area contributed by atoms with Gasteiger partial charge in [-0.05, 0) is 24.8 Å². The van der Waals surface area contributed by atoms with Gasteiger partial charge < -0.3 is 9.47 Å². The average molecular weight is 341 g/mol. The van der Waals surface area contributed by atoms with Crippen LogP contribution >= 0.6 is 0 Å². The highest BCUT2D eigenvalue weighted by Crippen LogP contribution is 2.34. The number of rotatable bonds is 7. The number of aromatic nitrogens is 2. The zero-order valence-corrected chi connectivity index (χ0v) is 15.1. The third kappa shape index (κ3) is 3.58. The lowest BCUT2D eigenvalue weighted by Gasteiger charge is -2.33. The van der Waals surface area contributed by atoms with E-state index in [9.17, 15) is 0 Å². The van der Waals surface area contributed by atoms with Crippen LogP contribution in [-0.4, -0.2) is 42.1 Å². The summed E-state index contributed by atoms with van der Waals surface area (Å²) >= 11 is 0. The van der Waals surface area contributed by atoms with Crippen LogP contribution in [0.25, 0.3) is 0 Å². The van der Waals surface area contributed by atoms with E-state index in [1.807, 2.05) is 12.1 Å². The van der Waals surface area contributed by atoms with Crippen molar-refractivity contribution in [1.29, 1.82) is 0 Å². The highest BCUT2D eigenvalue weighted by Gasteiger charge is 2.31. The molecule has 0 radical (unpaired) electrons. The predicted molar refractivity (Wildman–Crippen MR) is 96.7 cm³/mol. The molecule has 1 saturated carbocycles. The lowest BCUT2D eigenvalue weighted by Crippen LogP contribution is -2.35. The molecule has 2 heterocycles. The van der Waals surface area contributed by atoms with Crippen LogP contribution in [0.1, 0.15) is 35.6 Å². The molecule has 0 amide bonds. The van der Waals surface area contributed by atoms with Gasteiger partial charge in [-0.15, -0.1) is 0 Å². The summed E-state index contributed by atoms with van der Waals surface area (Å²) in [5.41, 5.74) is 3.98. The first-order chi connectivity index (χ1) is 12.3. The molecular weight excluding hydrogens is 314 g/mol. The monoisotopic (exact) mass is 341 g/mol. The van der Waals surface area contributed by atoms with Crippen LogP contribution in [0.2, 0.25) is 0 Å². The largest absolute Gasteiger partial charge is 0.496 e. The number of nitrogens with zero attached hydrogens (tertiary/aromatic N) is 3. The summed E-state index contributed by atoms with van der Waals surface area (Å²) in [7, 11) is 3.53. The molecule has 0 spiro atoms. The molecule has 5 heteroatoms. The fraction of sp³-hybridized carbons (Fsp3) is 0.550. The van der Waals surface area contributed by atoms with Crippen molar-refractivity contribution in [2.45, 2.75) is 38.4 Å². The molecule has 25 heavy (non-hydrogen) atoms. The van der Waals surface area contributed by atoms with Crippen LogP contribution in [0.5, 0.6) is 5.75 Å². The number of hydrogen-bond acceptors (Lipinski definition) is 4. The number of hydrogen-bond donors (Lipinski definition) is 0. The Kier molecular flexibility index (Phi) is 4.77. The van der Waals surface area contributed by atoms with Gasteiger partial charge in [0, 0.05) is 50.3 Å². The van der Waals surface area contributed by atoms with Gasteiger partial charge in [-0.2, -0.15) is 5.10 Å². The Hall–Kier alpha value is -1.85. The lowest BCUT2D eigenvalue weighted by atomic mass is 9.95. The molecular formula is C20H27N3O2. The molecule has 4 rings (SSSR count). The summed E-state index contributed by atoms with van der Waals surface area (Å²) in [6.45, 7) is 4.63. The molecule has 134 valence electrons. The number of benzene rings is 1. The lowest BCUT2D eigenvalue weighted by molar-refractivity contribution is 0.133. The maximum Gasteiger partial charge on any atom is 0.123 e. The fourth-order valence-corrected chi connectivity index (χ4v) is 3.87. The average Bonchev–Trinajstić information content (AvgIpc) is 3.35. The zero-order chi connectivity index (χ0) is 17.2. The molecule has 0 bridgehead atoms. The second-order valence-electron chi connectivity index (χ2n) is 7.31. The fourth-order valence-electron chi connectivity index (χ4n) is 3.87. The van der Waals surface area contributed by atoms with E-state index in [1.54, 1.807) is 14.2 Å². The highest BCUT2D eigenvalue weighted by atomic mass is 16.5. The molecule has 2 aromatic rings. The quantitative estimate of drug-likeness (QED) is 0.776. The Labute approximate surface area is 149 Å². The van der Waals surface area contributed by atoms with Crippen molar-refractivity contribution >= 4 is 0 Å². The number of fused-ring (bicyclic) bond motifs is 1. The van der Waals surface area contributed by atoms with Crippen LogP contribution in [-0.2, 0) is 24.4 Å². The van der Waals surface area contributed by atoms with Crippen LogP contribution in [0.3, 0.4) is 0 Å². The first-order valence-electron chi connectivity index (χ1n) is 9.16. The summed E-state index contributed by atoms with van der Waals surface area (Å²) in [4.78, 5) is 2.49. The Morgan fingerprint density at radius 1 is 1.20 bits per heavy atom. The molecule has 1 aromatic heterocycles. The zero-order valence-electron chi connectivity index (χ0n) is 15.1. The minimum Gasteiger partial charge on any atom is -0.496 e. The standard InChI is InChI=1S/C20H27N3O2/c1-24-14-17-12-22(11-16-5-3-4-6-20(16)25-2)13-19-18(17)9-21-23(19)10-15-7-8-15/h3-6,9,15,17H,7-8,10-14H2,1-2H3. The van der Waals surface area contributed by atoms with Crippen LogP contribution < -0.4 is 4.74 Å². The van der Waals surface area contributed by atoms with E-state index >= 15 is 0 Å². The van der Waals surface area contributed by atoms with Gasteiger partial charge in [-0.25, -0.2) is 0 Å². The minimum atomic E-state index is 0.386. The minimum absolute atomic E-state index is 0.386. The molecule has 1 aliphatic heterocycles. The first-order valence-corrected chi connectivity index (χ1v) is 9.16. The summed E-state index contributed by atoms with van der Waals surface area (Å²) in [5.74, 6) is 2.17. The highest BCUT2D eigenvalue weighted by molar-refractivity contribution is 5.34. The SMILES string of the molecule is COCC1CN(Cc2ccccc2OC)Cc2c1cnn2CC1CC1. The molecule has 0 saturated heterocycles. The van der Waals surface area contributed by atoms with Crippen molar-refractivity contribution in [2.24, 2.45) is 5.92 Å². The van der Waals surface area contributed by atoms with E-state index in [0.29, 0.717) is 5.92 Å². The maximum absolute atomic E-state index is 5.53. The molecule has 1 atom stereocenters. The van der Waals surface area contributed by atoms with E-state index in [4.69, 9.17) is 14.6 Å². The van der Waals surface area contributed by atoms with Crippen molar-refractivity contribution in [3.8, 4) is 5.75 Å². The Morgan fingerprint density at radius 3 is 2.80 bits per heavy atom. The van der Waals surface area contributed by atoms with Crippen molar-refractivity contribution in [2.75, 3.05) is 27.4 Å². The van der Waals surface area contributed by atoms with Crippen LogP contribution in [0, 0.1) is 5.92 Å². The molecule has 1 unspecified atom stereocenters. The molecule has 1 aromatic carbocycles. The summed E-state index contributed by atoms with van der Waals surface area (Å²) in [6, 6.07) is 8.29. The van der Waals surface area contributed by atoms with Gasteiger partial charge in [0.15, 0.2) is 0 Å². The number of ether oxygens (including phenoxy) is 2. The second-order valence-corrected chi connectivity index (χ2v) is 7.31. The Morgan fingerprint density at radius 2 is 2.04 bits per heavy atom. The molecule has 5 nitrogen and oxygen atoms in total. The van der Waals surface area contributed by atoms with E-state index in [1.165, 1.54) is 29.7 Å². The third-order valence-electron chi connectivity index (χ3n) is 5.36. The van der Waals surface area contributed by atoms with Gasteiger partial charge >= 0.3 is 0 Å². The van der Waals surface area contributed by atoms with Crippen molar-refractivity contribution < 1.29 is 9.47 Å². The van der Waals surface area contributed by atoms with Gasteiger partial charge in [-0.3, -0.25) is 9.58 Å². The third-order valence-corrected chi connectivity index (χ3v) is 5.36. The Balaban J connectivity index is 1.57. The number of methoxy groups -OCH3 is 2. The van der Waals surface area contributed by atoms with Crippen molar-refractivity contribution in [3.05, 3.63) is 47.3 Å².